The van der Waals surface area contributed by atoms with Crippen LogP contribution in [0.1, 0.15) is 51.5 Å². The summed E-state index contributed by atoms with van der Waals surface area (Å²) < 4.78 is 5.46. The third-order valence-corrected chi connectivity index (χ3v) is 4.82. The van der Waals surface area contributed by atoms with Crippen LogP contribution in [0.25, 0.3) is 0 Å². The van der Waals surface area contributed by atoms with Crippen LogP contribution in [0, 0.1) is 5.92 Å². The fourth-order valence-electron chi connectivity index (χ4n) is 3.36. The third kappa shape index (κ3) is 4.13. The lowest BCUT2D eigenvalue weighted by atomic mass is 9.84. The van der Waals surface area contributed by atoms with E-state index in [2.05, 4.69) is 18.9 Å². The van der Waals surface area contributed by atoms with Crippen molar-refractivity contribution >= 4 is 0 Å². The van der Waals surface area contributed by atoms with Crippen molar-refractivity contribution in [3.63, 3.8) is 0 Å². The molecular weight excluding hydrogens is 262 g/mol. The van der Waals surface area contributed by atoms with Crippen molar-refractivity contribution in [1.82, 2.24) is 4.90 Å². The van der Waals surface area contributed by atoms with E-state index in [0.29, 0.717) is 24.1 Å². The molecule has 0 amide bonds. The SMILES string of the molecule is CCOc1cccc(CN(C)C2CCC(CC)CC2)c1O. The molecule has 1 aliphatic rings. The summed E-state index contributed by atoms with van der Waals surface area (Å²) in [5.74, 6) is 1.82. The predicted octanol–water partition coefficient (Wildman–Crippen LogP) is 4.19. The maximum absolute atomic E-state index is 10.3. The molecule has 0 radical (unpaired) electrons. The Kier molecular flexibility index (Phi) is 5.92. The molecule has 0 bridgehead atoms. The van der Waals surface area contributed by atoms with Gasteiger partial charge in [0.15, 0.2) is 11.5 Å². The minimum absolute atomic E-state index is 0.299. The number of ether oxygens (including phenoxy) is 1. The number of benzene rings is 1. The van der Waals surface area contributed by atoms with E-state index < -0.39 is 0 Å². The van der Waals surface area contributed by atoms with Crippen LogP contribution < -0.4 is 4.74 Å². The van der Waals surface area contributed by atoms with E-state index in [0.717, 1.165) is 18.0 Å². The second-order valence-electron chi connectivity index (χ2n) is 6.19. The van der Waals surface area contributed by atoms with Crippen LogP contribution >= 0.6 is 0 Å². The van der Waals surface area contributed by atoms with E-state index >= 15 is 0 Å². The summed E-state index contributed by atoms with van der Waals surface area (Å²) in [4.78, 5) is 2.39. The summed E-state index contributed by atoms with van der Waals surface area (Å²) in [7, 11) is 2.17. The Balaban J connectivity index is 1.96. The fourth-order valence-corrected chi connectivity index (χ4v) is 3.36. The molecule has 1 fully saturated rings. The van der Waals surface area contributed by atoms with Gasteiger partial charge >= 0.3 is 0 Å². The zero-order valence-corrected chi connectivity index (χ0v) is 13.6. The summed E-state index contributed by atoms with van der Waals surface area (Å²) >= 11 is 0. The molecule has 0 aromatic heterocycles. The molecule has 0 aliphatic heterocycles. The van der Waals surface area contributed by atoms with E-state index in [1.807, 2.05) is 25.1 Å². The van der Waals surface area contributed by atoms with Gasteiger partial charge in [0.1, 0.15) is 0 Å². The molecule has 3 heteroatoms. The molecule has 118 valence electrons. The first-order valence-electron chi connectivity index (χ1n) is 8.29. The number of hydrogen-bond donors (Lipinski definition) is 1. The van der Waals surface area contributed by atoms with Gasteiger partial charge in [-0.15, -0.1) is 0 Å². The molecule has 1 aliphatic carbocycles. The molecule has 21 heavy (non-hydrogen) atoms. The van der Waals surface area contributed by atoms with E-state index in [9.17, 15) is 5.11 Å². The molecule has 1 N–H and O–H groups in total. The van der Waals surface area contributed by atoms with Crippen LogP contribution in [0.3, 0.4) is 0 Å². The number of phenolic OH excluding ortho intramolecular Hbond substituents is 1. The zero-order valence-electron chi connectivity index (χ0n) is 13.6. The zero-order chi connectivity index (χ0) is 15.2. The third-order valence-electron chi connectivity index (χ3n) is 4.82. The summed E-state index contributed by atoms with van der Waals surface area (Å²) in [6.07, 6.45) is 6.56. The first-order valence-corrected chi connectivity index (χ1v) is 8.29. The predicted molar refractivity (Wildman–Crippen MR) is 86.8 cm³/mol. The van der Waals surface area contributed by atoms with Crippen molar-refractivity contribution in [3.8, 4) is 11.5 Å². The quantitative estimate of drug-likeness (QED) is 0.853. The molecule has 0 saturated heterocycles. The lowest BCUT2D eigenvalue weighted by Crippen LogP contribution is -2.34. The van der Waals surface area contributed by atoms with Gasteiger partial charge in [-0.05, 0) is 51.6 Å². The second-order valence-corrected chi connectivity index (χ2v) is 6.19. The summed E-state index contributed by atoms with van der Waals surface area (Å²) in [6.45, 7) is 5.60. The summed E-state index contributed by atoms with van der Waals surface area (Å²) in [5, 5.41) is 10.3. The van der Waals surface area contributed by atoms with Gasteiger partial charge in [-0.2, -0.15) is 0 Å². The normalized spacial score (nSPS) is 22.5. The Labute approximate surface area is 128 Å². The van der Waals surface area contributed by atoms with Crippen molar-refractivity contribution in [2.75, 3.05) is 13.7 Å². The maximum Gasteiger partial charge on any atom is 0.162 e. The summed E-state index contributed by atoms with van der Waals surface area (Å²) in [6, 6.07) is 6.42. The highest BCUT2D eigenvalue weighted by Crippen LogP contribution is 2.33. The topological polar surface area (TPSA) is 32.7 Å². The van der Waals surface area contributed by atoms with Crippen molar-refractivity contribution in [2.45, 2.75) is 58.5 Å². The number of nitrogens with zero attached hydrogens (tertiary/aromatic N) is 1. The van der Waals surface area contributed by atoms with Gasteiger partial charge in [0.2, 0.25) is 0 Å². The molecule has 0 spiro atoms. The monoisotopic (exact) mass is 291 g/mol. The maximum atomic E-state index is 10.3. The Morgan fingerprint density at radius 1 is 1.19 bits per heavy atom. The molecule has 0 heterocycles. The number of rotatable bonds is 6. The Bertz CT molecular complexity index is 439. The Hall–Kier alpha value is -1.22. The van der Waals surface area contributed by atoms with Crippen LogP contribution in [-0.4, -0.2) is 29.7 Å². The molecule has 0 unspecified atom stereocenters. The van der Waals surface area contributed by atoms with Crippen molar-refractivity contribution in [1.29, 1.82) is 0 Å². The van der Waals surface area contributed by atoms with Crippen LogP contribution in [0.2, 0.25) is 0 Å². The Morgan fingerprint density at radius 2 is 1.90 bits per heavy atom. The molecule has 0 atom stereocenters. The molecule has 2 rings (SSSR count). The minimum atomic E-state index is 0.299. The first kappa shape index (κ1) is 16.2. The van der Waals surface area contributed by atoms with Crippen LogP contribution in [-0.2, 0) is 6.54 Å². The molecular formula is C18H29NO2. The van der Waals surface area contributed by atoms with Crippen LogP contribution in [0.4, 0.5) is 0 Å². The van der Waals surface area contributed by atoms with E-state index in [4.69, 9.17) is 4.74 Å². The number of para-hydroxylation sites is 1. The van der Waals surface area contributed by atoms with Gasteiger partial charge < -0.3 is 9.84 Å². The van der Waals surface area contributed by atoms with E-state index in [1.54, 1.807) is 0 Å². The van der Waals surface area contributed by atoms with Gasteiger partial charge in [0.05, 0.1) is 6.61 Å². The Morgan fingerprint density at radius 3 is 2.52 bits per heavy atom. The highest BCUT2D eigenvalue weighted by molar-refractivity contribution is 5.45. The van der Waals surface area contributed by atoms with Gasteiger partial charge in [-0.1, -0.05) is 25.5 Å². The highest BCUT2D eigenvalue weighted by Gasteiger charge is 2.23. The van der Waals surface area contributed by atoms with Crippen molar-refractivity contribution in [2.24, 2.45) is 5.92 Å². The highest BCUT2D eigenvalue weighted by atomic mass is 16.5. The number of phenols is 1. The average Bonchev–Trinajstić information content (AvgIpc) is 2.51. The molecule has 3 nitrogen and oxygen atoms in total. The summed E-state index contributed by atoms with van der Waals surface area (Å²) in [5.41, 5.74) is 0.959. The first-order chi connectivity index (χ1) is 10.2. The van der Waals surface area contributed by atoms with Crippen molar-refractivity contribution in [3.05, 3.63) is 23.8 Å². The standard InChI is InChI=1S/C18H29NO2/c1-4-14-9-11-16(12-10-14)19(3)13-15-7-6-8-17(18(15)20)21-5-2/h6-8,14,16,20H,4-5,9-13H2,1-3H3. The lowest BCUT2D eigenvalue weighted by Gasteiger charge is -2.34. The van der Waals surface area contributed by atoms with Gasteiger partial charge in [0.25, 0.3) is 0 Å². The van der Waals surface area contributed by atoms with Crippen molar-refractivity contribution < 1.29 is 9.84 Å². The van der Waals surface area contributed by atoms with Crippen LogP contribution in [0.15, 0.2) is 18.2 Å². The number of hydrogen-bond acceptors (Lipinski definition) is 3. The smallest absolute Gasteiger partial charge is 0.162 e. The largest absolute Gasteiger partial charge is 0.504 e. The number of aromatic hydroxyl groups is 1. The lowest BCUT2D eigenvalue weighted by molar-refractivity contribution is 0.156. The van der Waals surface area contributed by atoms with Crippen LogP contribution in [0.5, 0.6) is 11.5 Å². The second kappa shape index (κ2) is 7.69. The fraction of sp³-hybridized carbons (Fsp3) is 0.667. The van der Waals surface area contributed by atoms with Gasteiger partial charge in [-0.25, -0.2) is 0 Å². The van der Waals surface area contributed by atoms with Gasteiger partial charge in [-0.3, -0.25) is 4.90 Å². The molecule has 1 saturated carbocycles. The average molecular weight is 291 g/mol. The van der Waals surface area contributed by atoms with E-state index in [1.165, 1.54) is 32.1 Å². The van der Waals surface area contributed by atoms with E-state index in [-0.39, 0.29) is 0 Å². The van der Waals surface area contributed by atoms with Gasteiger partial charge in [0, 0.05) is 18.2 Å². The molecule has 1 aromatic carbocycles. The minimum Gasteiger partial charge on any atom is -0.504 e. The molecule has 1 aromatic rings.